The monoisotopic (exact) mass is 420 g/mol. The van der Waals surface area contributed by atoms with Crippen molar-refractivity contribution in [1.29, 1.82) is 0 Å². The summed E-state index contributed by atoms with van der Waals surface area (Å²) < 4.78 is -1.94. The molecule has 0 aliphatic rings. The molecule has 0 spiro atoms. The van der Waals surface area contributed by atoms with Crippen molar-refractivity contribution in [1.82, 2.24) is 0 Å². The molecule has 1 unspecified atom stereocenters. The van der Waals surface area contributed by atoms with E-state index in [4.69, 9.17) is 0 Å². The topological polar surface area (TPSA) is 17.1 Å². The predicted molar refractivity (Wildman–Crippen MR) is 106 cm³/mol. The molecule has 0 fully saturated rings. The van der Waals surface area contributed by atoms with Crippen LogP contribution in [0.4, 0.5) is 0 Å². The molecule has 120 valence electrons. The Morgan fingerprint density at radius 3 is 2.00 bits per heavy atom. The molecule has 0 saturated heterocycles. The summed E-state index contributed by atoms with van der Waals surface area (Å²) in [6.07, 6.45) is 3.03. The van der Waals surface area contributed by atoms with Crippen LogP contribution in [0, 0.1) is 5.41 Å². The zero-order valence-corrected chi connectivity index (χ0v) is 17.4. The van der Waals surface area contributed by atoms with Crippen molar-refractivity contribution in [3.63, 3.8) is 0 Å². The standard InChI is InChI=1S/C18H30IOP/c1-7-21(6,19,8-2)16(14-17(20)18(3,4)5)15-12-10-9-11-13-15/h9-13,16H,7-8,14H2,1-6H3. The van der Waals surface area contributed by atoms with Crippen LogP contribution in [0.15, 0.2) is 30.3 Å². The van der Waals surface area contributed by atoms with E-state index in [1.165, 1.54) is 17.9 Å². The van der Waals surface area contributed by atoms with E-state index in [9.17, 15) is 4.79 Å². The van der Waals surface area contributed by atoms with E-state index >= 15 is 0 Å². The van der Waals surface area contributed by atoms with Crippen LogP contribution in [0.2, 0.25) is 0 Å². The summed E-state index contributed by atoms with van der Waals surface area (Å²) in [7, 11) is 0. The van der Waals surface area contributed by atoms with E-state index in [0.717, 1.165) is 0 Å². The zero-order valence-electron chi connectivity index (χ0n) is 14.3. The summed E-state index contributed by atoms with van der Waals surface area (Å²) >= 11 is 2.74. The third-order valence-corrected chi connectivity index (χ3v) is 16.7. The van der Waals surface area contributed by atoms with Gasteiger partial charge in [0.05, 0.1) is 0 Å². The maximum atomic E-state index is 12.7. The molecule has 0 aliphatic carbocycles. The number of ketones is 1. The van der Waals surface area contributed by atoms with E-state index in [2.05, 4.69) is 72.9 Å². The molecule has 0 aliphatic heterocycles. The molecule has 1 aromatic rings. The number of carbonyl (C=O) groups excluding carboxylic acids is 1. The molecule has 1 aromatic carbocycles. The normalized spacial score (nSPS) is 16.0. The first kappa shape index (κ1) is 19.1. The van der Waals surface area contributed by atoms with Gasteiger partial charge in [0.1, 0.15) is 0 Å². The molecular formula is C18H30IOP. The van der Waals surface area contributed by atoms with E-state index in [0.29, 0.717) is 17.9 Å². The van der Waals surface area contributed by atoms with E-state index in [-0.39, 0.29) is 5.41 Å². The van der Waals surface area contributed by atoms with Gasteiger partial charge in [-0.05, 0) is 0 Å². The molecule has 0 N–H and O–H groups in total. The Morgan fingerprint density at radius 1 is 1.14 bits per heavy atom. The second-order valence-corrected chi connectivity index (χ2v) is 21.9. The van der Waals surface area contributed by atoms with Crippen molar-refractivity contribution in [2.24, 2.45) is 5.41 Å². The minimum absolute atomic E-state index is 0.254. The van der Waals surface area contributed by atoms with Gasteiger partial charge in [-0.25, -0.2) is 0 Å². The fourth-order valence-corrected chi connectivity index (χ4v) is 7.18. The van der Waals surface area contributed by atoms with Gasteiger partial charge >= 0.3 is 144 Å². The van der Waals surface area contributed by atoms with Crippen LogP contribution in [-0.2, 0) is 4.79 Å². The molecular weight excluding hydrogens is 390 g/mol. The summed E-state index contributed by atoms with van der Waals surface area (Å²) in [4.78, 5) is 12.7. The van der Waals surface area contributed by atoms with Gasteiger partial charge in [0.15, 0.2) is 0 Å². The molecule has 1 nitrogen and oxygen atoms in total. The van der Waals surface area contributed by atoms with E-state index in [1.54, 1.807) is 0 Å². The van der Waals surface area contributed by atoms with Crippen molar-refractivity contribution < 1.29 is 4.79 Å². The SMILES string of the molecule is CCP(C)(I)(CC)C(CC(=O)C(C)(C)C)c1ccccc1. The molecule has 0 heterocycles. The van der Waals surface area contributed by atoms with Crippen LogP contribution in [0.1, 0.15) is 52.3 Å². The van der Waals surface area contributed by atoms with Gasteiger partial charge in [-0.1, -0.05) is 0 Å². The first-order valence-electron chi connectivity index (χ1n) is 7.84. The van der Waals surface area contributed by atoms with Crippen LogP contribution < -0.4 is 0 Å². The van der Waals surface area contributed by atoms with Gasteiger partial charge in [-0.3, -0.25) is 0 Å². The molecule has 1 rings (SSSR count). The van der Waals surface area contributed by atoms with Crippen LogP contribution in [0.3, 0.4) is 0 Å². The summed E-state index contributed by atoms with van der Waals surface area (Å²) in [6.45, 7) is 13.2. The Hall–Kier alpha value is 0.0500. The van der Waals surface area contributed by atoms with Crippen molar-refractivity contribution in [2.45, 2.75) is 46.7 Å². The van der Waals surface area contributed by atoms with Crippen molar-refractivity contribution in [3.8, 4) is 0 Å². The fraction of sp³-hybridized carbons (Fsp3) is 0.611. The predicted octanol–water partition coefficient (Wildman–Crippen LogP) is 6.31. The Kier molecular flexibility index (Phi) is 6.06. The molecule has 0 bridgehead atoms. The maximum absolute atomic E-state index is 12.7. The van der Waals surface area contributed by atoms with Gasteiger partial charge in [-0.15, -0.1) is 0 Å². The molecule has 21 heavy (non-hydrogen) atoms. The number of halogens is 1. The third kappa shape index (κ3) is 4.51. The Labute approximate surface area is 143 Å². The zero-order chi connectivity index (χ0) is 16.3. The number of hydrogen-bond acceptors (Lipinski definition) is 1. The van der Waals surface area contributed by atoms with Crippen molar-refractivity contribution in [2.75, 3.05) is 19.0 Å². The van der Waals surface area contributed by atoms with E-state index < -0.39 is 4.25 Å². The van der Waals surface area contributed by atoms with Gasteiger partial charge in [0, 0.05) is 0 Å². The van der Waals surface area contributed by atoms with Crippen molar-refractivity contribution >= 4 is 32.1 Å². The summed E-state index contributed by atoms with van der Waals surface area (Å²) in [5.41, 5.74) is 1.46. The third-order valence-electron chi connectivity index (χ3n) is 4.95. The number of Topliss-reactive ketones (excluding diaryl/α,β-unsaturated/α-hetero) is 1. The average molecular weight is 420 g/mol. The molecule has 3 heteroatoms. The number of hydrogen-bond donors (Lipinski definition) is 0. The second-order valence-electron chi connectivity index (χ2n) is 7.42. The minimum atomic E-state index is -1.94. The second kappa shape index (κ2) is 6.66. The Bertz CT molecular complexity index is 480. The molecule has 0 amide bonds. The quantitative estimate of drug-likeness (QED) is 0.390. The number of benzene rings is 1. The Balaban J connectivity index is 3.29. The van der Waals surface area contributed by atoms with Gasteiger partial charge in [-0.2, -0.15) is 0 Å². The number of carbonyl (C=O) groups is 1. The van der Waals surface area contributed by atoms with Crippen LogP contribution in [-0.4, -0.2) is 24.8 Å². The number of rotatable bonds is 6. The fourth-order valence-electron chi connectivity index (χ4n) is 2.61. The van der Waals surface area contributed by atoms with Crippen LogP contribution >= 0.6 is 26.3 Å². The molecule has 0 radical (unpaired) electrons. The van der Waals surface area contributed by atoms with Crippen LogP contribution in [0.25, 0.3) is 0 Å². The van der Waals surface area contributed by atoms with Crippen molar-refractivity contribution in [3.05, 3.63) is 35.9 Å². The van der Waals surface area contributed by atoms with Crippen LogP contribution in [0.5, 0.6) is 0 Å². The first-order chi connectivity index (χ1) is 9.53. The van der Waals surface area contributed by atoms with E-state index in [1.807, 2.05) is 20.8 Å². The summed E-state index contributed by atoms with van der Waals surface area (Å²) in [5, 5.41) is 0. The Morgan fingerprint density at radius 2 is 1.62 bits per heavy atom. The molecule has 1 atom stereocenters. The first-order valence-corrected chi connectivity index (χ1v) is 13.7. The summed E-state index contributed by atoms with van der Waals surface area (Å²) in [6, 6.07) is 10.7. The summed E-state index contributed by atoms with van der Waals surface area (Å²) in [5.74, 6) is 0.380. The average Bonchev–Trinajstić information content (AvgIpc) is 2.44. The van der Waals surface area contributed by atoms with Gasteiger partial charge < -0.3 is 0 Å². The van der Waals surface area contributed by atoms with Gasteiger partial charge in [0.25, 0.3) is 0 Å². The molecule has 0 aromatic heterocycles. The van der Waals surface area contributed by atoms with Gasteiger partial charge in [0.2, 0.25) is 0 Å². The molecule has 0 saturated carbocycles.